The van der Waals surface area contributed by atoms with Crippen molar-refractivity contribution in [2.45, 2.75) is 53.0 Å². The molecule has 30 heavy (non-hydrogen) atoms. The third-order valence-electron chi connectivity index (χ3n) is 5.38. The van der Waals surface area contributed by atoms with E-state index in [1.54, 1.807) is 24.3 Å². The minimum absolute atomic E-state index is 0.105. The first-order valence-corrected chi connectivity index (χ1v) is 10.6. The molecule has 0 aliphatic carbocycles. The average molecular weight is 407 g/mol. The highest BCUT2D eigenvalue weighted by Gasteiger charge is 2.30. The second-order valence-corrected chi connectivity index (χ2v) is 8.70. The van der Waals surface area contributed by atoms with Crippen molar-refractivity contribution in [3.05, 3.63) is 65.2 Å². The second kappa shape index (κ2) is 9.24. The monoisotopic (exact) mass is 406 g/mol. The van der Waals surface area contributed by atoms with E-state index in [1.807, 2.05) is 0 Å². The van der Waals surface area contributed by atoms with Crippen molar-refractivity contribution in [3.63, 3.8) is 0 Å². The van der Waals surface area contributed by atoms with E-state index in [-0.39, 0.29) is 42.5 Å². The van der Waals surface area contributed by atoms with Gasteiger partial charge in [-0.15, -0.1) is 0 Å². The van der Waals surface area contributed by atoms with Crippen LogP contribution in [0.25, 0.3) is 0 Å². The normalized spacial score (nSPS) is 15.2. The third kappa shape index (κ3) is 4.96. The Balaban J connectivity index is 1.72. The lowest BCUT2D eigenvalue weighted by Crippen LogP contribution is -2.32. The Morgan fingerprint density at radius 2 is 1.47 bits per heavy atom. The van der Waals surface area contributed by atoms with E-state index < -0.39 is 0 Å². The van der Waals surface area contributed by atoms with E-state index in [0.29, 0.717) is 17.2 Å². The van der Waals surface area contributed by atoms with Crippen molar-refractivity contribution in [3.8, 4) is 0 Å². The summed E-state index contributed by atoms with van der Waals surface area (Å²) in [7, 11) is 0. The van der Waals surface area contributed by atoms with E-state index in [1.165, 1.54) is 10.5 Å². The highest BCUT2D eigenvalue weighted by molar-refractivity contribution is 6.19. The van der Waals surface area contributed by atoms with Crippen LogP contribution in [-0.4, -0.2) is 17.7 Å². The maximum Gasteiger partial charge on any atom is 0.251 e. The molecule has 3 amide bonds. The average Bonchev–Trinajstić information content (AvgIpc) is 3.04. The van der Waals surface area contributed by atoms with Crippen LogP contribution in [0.3, 0.4) is 0 Å². The maximum atomic E-state index is 12.8. The Bertz CT molecular complexity index is 898. The molecular formula is C25H30N2O3. The zero-order valence-corrected chi connectivity index (χ0v) is 18.1. The summed E-state index contributed by atoms with van der Waals surface area (Å²) in [6, 6.07) is 15.0. The van der Waals surface area contributed by atoms with Gasteiger partial charge in [0.25, 0.3) is 5.91 Å². The molecule has 0 saturated carbocycles. The Morgan fingerprint density at radius 1 is 0.900 bits per heavy atom. The summed E-state index contributed by atoms with van der Waals surface area (Å²) < 4.78 is 0. The first-order chi connectivity index (χ1) is 14.3. The summed E-state index contributed by atoms with van der Waals surface area (Å²) in [6.45, 7) is 8.57. The Morgan fingerprint density at radius 3 is 1.97 bits per heavy atom. The Hall–Kier alpha value is -2.95. The Kier molecular flexibility index (Phi) is 6.70. The third-order valence-corrected chi connectivity index (χ3v) is 5.38. The van der Waals surface area contributed by atoms with Gasteiger partial charge in [-0.2, -0.15) is 0 Å². The number of carbonyl (C=O) groups is 3. The number of carbonyl (C=O) groups excluding carboxylic acids is 3. The van der Waals surface area contributed by atoms with Crippen molar-refractivity contribution in [1.29, 1.82) is 0 Å². The number of anilines is 1. The highest BCUT2D eigenvalue weighted by atomic mass is 16.2. The van der Waals surface area contributed by atoms with Crippen LogP contribution in [0, 0.1) is 11.8 Å². The number of imide groups is 1. The zero-order chi connectivity index (χ0) is 21.8. The number of amides is 3. The predicted octanol–water partition coefficient (Wildman–Crippen LogP) is 4.67. The van der Waals surface area contributed by atoms with Crippen LogP contribution in [0.5, 0.6) is 0 Å². The lowest BCUT2D eigenvalue weighted by molar-refractivity contribution is -0.121. The summed E-state index contributed by atoms with van der Waals surface area (Å²) in [5, 5.41) is 3.13. The lowest BCUT2D eigenvalue weighted by Gasteiger charge is -2.23. The number of rotatable bonds is 7. The van der Waals surface area contributed by atoms with Gasteiger partial charge in [-0.05, 0) is 53.6 Å². The van der Waals surface area contributed by atoms with E-state index in [2.05, 4.69) is 57.3 Å². The van der Waals surface area contributed by atoms with Gasteiger partial charge < -0.3 is 5.32 Å². The largest absolute Gasteiger partial charge is 0.345 e. The fourth-order valence-corrected chi connectivity index (χ4v) is 3.82. The van der Waals surface area contributed by atoms with Crippen LogP contribution in [0.2, 0.25) is 0 Å². The van der Waals surface area contributed by atoms with E-state index in [4.69, 9.17) is 0 Å². The number of nitrogens with zero attached hydrogens (tertiary/aromatic N) is 1. The molecule has 5 heteroatoms. The van der Waals surface area contributed by atoms with Gasteiger partial charge in [0.2, 0.25) is 11.8 Å². The molecule has 1 saturated heterocycles. The smallest absolute Gasteiger partial charge is 0.251 e. The fourth-order valence-electron chi connectivity index (χ4n) is 3.82. The molecule has 158 valence electrons. The van der Waals surface area contributed by atoms with E-state index in [9.17, 15) is 14.4 Å². The van der Waals surface area contributed by atoms with Crippen molar-refractivity contribution in [2.24, 2.45) is 11.8 Å². The number of hydrogen-bond acceptors (Lipinski definition) is 3. The van der Waals surface area contributed by atoms with Crippen LogP contribution < -0.4 is 10.2 Å². The molecule has 1 aliphatic rings. The SMILES string of the molecule is CC(C)Cc1ccc(C(NC(=O)c2ccc(N3C(=O)CCC3=O)cc2)C(C)C)cc1. The van der Waals surface area contributed by atoms with Crippen LogP contribution in [0.1, 0.15) is 68.1 Å². The molecule has 2 aromatic rings. The van der Waals surface area contributed by atoms with Gasteiger partial charge in [0.1, 0.15) is 0 Å². The van der Waals surface area contributed by atoms with Gasteiger partial charge in [-0.1, -0.05) is 52.0 Å². The molecule has 1 unspecified atom stereocenters. The van der Waals surface area contributed by atoms with Crippen LogP contribution >= 0.6 is 0 Å². The molecule has 1 heterocycles. The van der Waals surface area contributed by atoms with Crippen molar-refractivity contribution >= 4 is 23.4 Å². The summed E-state index contributed by atoms with van der Waals surface area (Å²) in [5.74, 6) is 0.260. The molecule has 3 rings (SSSR count). The van der Waals surface area contributed by atoms with Gasteiger partial charge >= 0.3 is 0 Å². The summed E-state index contributed by atoms with van der Waals surface area (Å²) >= 11 is 0. The van der Waals surface area contributed by atoms with Crippen molar-refractivity contribution in [2.75, 3.05) is 4.90 Å². The predicted molar refractivity (Wildman–Crippen MR) is 118 cm³/mol. The van der Waals surface area contributed by atoms with Crippen LogP contribution in [0.15, 0.2) is 48.5 Å². The first-order valence-electron chi connectivity index (χ1n) is 10.6. The van der Waals surface area contributed by atoms with Crippen molar-refractivity contribution in [1.82, 2.24) is 5.32 Å². The van der Waals surface area contributed by atoms with Crippen molar-refractivity contribution < 1.29 is 14.4 Å². The minimum Gasteiger partial charge on any atom is -0.345 e. The van der Waals surface area contributed by atoms with Gasteiger partial charge in [-0.3, -0.25) is 19.3 Å². The Labute approximate surface area is 178 Å². The molecule has 0 radical (unpaired) electrons. The maximum absolute atomic E-state index is 12.8. The molecule has 1 fully saturated rings. The van der Waals surface area contributed by atoms with E-state index >= 15 is 0 Å². The lowest BCUT2D eigenvalue weighted by atomic mass is 9.93. The molecule has 1 aliphatic heterocycles. The quantitative estimate of drug-likeness (QED) is 0.680. The molecule has 0 bridgehead atoms. The molecule has 0 spiro atoms. The molecular weight excluding hydrogens is 376 g/mol. The summed E-state index contributed by atoms with van der Waals surface area (Å²) in [5.41, 5.74) is 3.39. The second-order valence-electron chi connectivity index (χ2n) is 8.70. The number of nitrogens with one attached hydrogen (secondary N) is 1. The molecule has 0 aromatic heterocycles. The fraction of sp³-hybridized carbons (Fsp3) is 0.400. The van der Waals surface area contributed by atoms with Gasteiger partial charge in [-0.25, -0.2) is 0 Å². The van der Waals surface area contributed by atoms with Gasteiger partial charge in [0.05, 0.1) is 11.7 Å². The van der Waals surface area contributed by atoms with Crippen LogP contribution in [0.4, 0.5) is 5.69 Å². The standard InChI is InChI=1S/C25H30N2O3/c1-16(2)15-18-5-7-19(8-6-18)24(17(3)4)26-25(30)20-9-11-21(12-10-20)27-22(28)13-14-23(27)29/h5-12,16-17,24H,13-15H2,1-4H3,(H,26,30). The zero-order valence-electron chi connectivity index (χ0n) is 18.1. The van der Waals surface area contributed by atoms with Gasteiger partial charge in [0, 0.05) is 18.4 Å². The van der Waals surface area contributed by atoms with E-state index in [0.717, 1.165) is 12.0 Å². The molecule has 5 nitrogen and oxygen atoms in total. The topological polar surface area (TPSA) is 66.5 Å². The summed E-state index contributed by atoms with van der Waals surface area (Å²) in [4.78, 5) is 37.8. The molecule has 1 atom stereocenters. The number of benzene rings is 2. The molecule has 2 aromatic carbocycles. The van der Waals surface area contributed by atoms with Crippen LogP contribution in [-0.2, 0) is 16.0 Å². The highest BCUT2D eigenvalue weighted by Crippen LogP contribution is 2.25. The van der Waals surface area contributed by atoms with Gasteiger partial charge in [0.15, 0.2) is 0 Å². The number of hydrogen-bond donors (Lipinski definition) is 1. The molecule has 1 N–H and O–H groups in total. The minimum atomic E-state index is -0.196. The first kappa shape index (κ1) is 21.8. The summed E-state index contributed by atoms with van der Waals surface area (Å²) in [6.07, 6.45) is 1.52.